The van der Waals surface area contributed by atoms with Crippen LogP contribution in [-0.2, 0) is 12.8 Å². The second-order valence-electron chi connectivity index (χ2n) is 9.53. The van der Waals surface area contributed by atoms with Crippen LogP contribution >= 0.6 is 0 Å². The van der Waals surface area contributed by atoms with E-state index in [2.05, 4.69) is 23.5 Å². The van der Waals surface area contributed by atoms with E-state index in [-0.39, 0.29) is 11.3 Å². The van der Waals surface area contributed by atoms with Crippen LogP contribution in [0, 0.1) is 17.8 Å². The molecule has 0 aliphatic heterocycles. The van der Waals surface area contributed by atoms with E-state index in [9.17, 15) is 5.11 Å². The molecule has 0 radical (unpaired) electrons. The molecule has 0 spiro atoms. The number of aryl methyl sites for hydroxylation is 2. The summed E-state index contributed by atoms with van der Waals surface area (Å²) in [6.07, 6.45) is 9.83. The van der Waals surface area contributed by atoms with Crippen molar-refractivity contribution in [2.45, 2.75) is 56.9 Å². The van der Waals surface area contributed by atoms with Crippen LogP contribution < -0.4 is 11.1 Å². The second-order valence-corrected chi connectivity index (χ2v) is 9.53. The molecule has 2 aromatic carbocycles. The molecular weight excluding hydrogens is 334 g/mol. The molecule has 5 aliphatic carbocycles. The third-order valence-corrected chi connectivity index (χ3v) is 7.59. The van der Waals surface area contributed by atoms with Gasteiger partial charge in [0.1, 0.15) is 5.75 Å². The van der Waals surface area contributed by atoms with Gasteiger partial charge in [-0.1, -0.05) is 18.2 Å². The summed E-state index contributed by atoms with van der Waals surface area (Å²) < 4.78 is 0. The van der Waals surface area contributed by atoms with Crippen LogP contribution in [0.1, 0.15) is 49.7 Å². The van der Waals surface area contributed by atoms with E-state index < -0.39 is 0 Å². The van der Waals surface area contributed by atoms with Crippen LogP contribution in [0.2, 0.25) is 0 Å². The lowest BCUT2D eigenvalue weighted by atomic mass is 9.53. The Hall–Kier alpha value is -2.23. The molecule has 140 valence electrons. The van der Waals surface area contributed by atoms with Crippen molar-refractivity contribution in [2.75, 3.05) is 5.32 Å². The number of aromatic hydroxyl groups is 1. The largest absolute Gasteiger partial charge is 0.506 e. The van der Waals surface area contributed by atoms with Gasteiger partial charge in [0, 0.05) is 5.39 Å². The van der Waals surface area contributed by atoms with Gasteiger partial charge in [0.2, 0.25) is 0 Å². The predicted molar refractivity (Wildman–Crippen MR) is 109 cm³/mol. The second kappa shape index (κ2) is 5.40. The number of benzene rings is 2. The van der Waals surface area contributed by atoms with Gasteiger partial charge in [-0.3, -0.25) is 0 Å². The fourth-order valence-corrected chi connectivity index (χ4v) is 7.05. The first-order chi connectivity index (χ1) is 13.1. The summed E-state index contributed by atoms with van der Waals surface area (Å²) >= 11 is 0. The molecule has 5 aliphatic rings. The lowest BCUT2D eigenvalue weighted by Crippen LogP contribution is -2.50. The Bertz CT molecular complexity index is 942. The highest BCUT2D eigenvalue weighted by molar-refractivity contribution is 6.07. The van der Waals surface area contributed by atoms with Crippen LogP contribution in [-0.4, -0.2) is 16.6 Å². The molecule has 0 unspecified atom stereocenters. The minimum absolute atomic E-state index is 0.0380. The number of hydrogen-bond donors (Lipinski definition) is 3. The first kappa shape index (κ1) is 15.8. The number of phenolic OH excluding ortho intramolecular Hbond substituents is 1. The van der Waals surface area contributed by atoms with Crippen molar-refractivity contribution in [2.24, 2.45) is 28.5 Å². The highest BCUT2D eigenvalue weighted by Crippen LogP contribution is 2.57. The van der Waals surface area contributed by atoms with E-state index in [0.29, 0.717) is 11.6 Å². The van der Waals surface area contributed by atoms with Crippen LogP contribution in [0.5, 0.6) is 5.75 Å². The summed E-state index contributed by atoms with van der Waals surface area (Å²) in [6, 6.07) is 8.24. The Kier molecular flexibility index (Phi) is 3.16. The molecule has 4 heteroatoms. The van der Waals surface area contributed by atoms with Crippen LogP contribution in [0.4, 0.5) is 5.69 Å². The summed E-state index contributed by atoms with van der Waals surface area (Å²) in [7, 11) is 0. The molecule has 4 nitrogen and oxygen atoms in total. The van der Waals surface area contributed by atoms with Crippen molar-refractivity contribution in [1.29, 1.82) is 0 Å². The van der Waals surface area contributed by atoms with E-state index >= 15 is 0 Å². The van der Waals surface area contributed by atoms with E-state index in [4.69, 9.17) is 10.7 Å². The van der Waals surface area contributed by atoms with Gasteiger partial charge in [0.05, 0.1) is 11.2 Å². The minimum Gasteiger partial charge on any atom is -0.506 e. The number of anilines is 1. The van der Waals surface area contributed by atoms with Crippen molar-refractivity contribution in [3.8, 4) is 5.75 Å². The maximum atomic E-state index is 10.6. The molecule has 27 heavy (non-hydrogen) atoms. The zero-order valence-electron chi connectivity index (χ0n) is 15.7. The molecule has 0 atom stereocenters. The van der Waals surface area contributed by atoms with Crippen molar-refractivity contribution >= 4 is 22.4 Å². The fraction of sp³-hybridized carbons (Fsp3) is 0.522. The maximum Gasteiger partial charge on any atom is 0.193 e. The normalized spacial score (nSPS) is 33.8. The summed E-state index contributed by atoms with van der Waals surface area (Å²) in [5.41, 5.74) is 9.76. The number of nitrogens with two attached hydrogens (primary N) is 1. The molecule has 7 rings (SSSR count). The number of hydrogen-bond acceptors (Lipinski definition) is 2. The quantitative estimate of drug-likeness (QED) is 0.423. The first-order valence-corrected chi connectivity index (χ1v) is 10.5. The van der Waals surface area contributed by atoms with E-state index in [0.717, 1.165) is 36.0 Å². The average molecular weight is 361 g/mol. The predicted octanol–water partition coefficient (Wildman–Crippen LogP) is 4.34. The third-order valence-electron chi connectivity index (χ3n) is 7.59. The fourth-order valence-electron chi connectivity index (χ4n) is 7.05. The lowest BCUT2D eigenvalue weighted by Gasteiger charge is -2.54. The molecule has 0 amide bonds. The van der Waals surface area contributed by atoms with E-state index in [1.54, 1.807) is 0 Å². The third kappa shape index (κ3) is 2.38. The van der Waals surface area contributed by atoms with Gasteiger partial charge in [-0.15, -0.1) is 0 Å². The van der Waals surface area contributed by atoms with Gasteiger partial charge >= 0.3 is 0 Å². The van der Waals surface area contributed by atoms with Gasteiger partial charge in [-0.2, -0.15) is 0 Å². The lowest BCUT2D eigenvalue weighted by molar-refractivity contribution is 0.00163. The van der Waals surface area contributed by atoms with Crippen LogP contribution in [0.25, 0.3) is 10.8 Å². The van der Waals surface area contributed by atoms with Crippen LogP contribution in [0.3, 0.4) is 0 Å². The van der Waals surface area contributed by atoms with Crippen molar-refractivity contribution in [3.05, 3.63) is 35.4 Å². The zero-order valence-corrected chi connectivity index (χ0v) is 15.7. The van der Waals surface area contributed by atoms with Gasteiger partial charge < -0.3 is 16.2 Å². The van der Waals surface area contributed by atoms with Gasteiger partial charge in [-0.25, -0.2) is 4.99 Å². The van der Waals surface area contributed by atoms with E-state index in [1.165, 1.54) is 55.0 Å². The smallest absolute Gasteiger partial charge is 0.193 e. The van der Waals surface area contributed by atoms with Crippen LogP contribution in [0.15, 0.2) is 29.3 Å². The number of nitrogens with zero attached hydrogens (tertiary/aromatic N) is 1. The number of phenols is 1. The van der Waals surface area contributed by atoms with Gasteiger partial charge in [-0.05, 0) is 91.7 Å². The Morgan fingerprint density at radius 2 is 1.70 bits per heavy atom. The SMILES string of the molecule is NC(=NC12CC3CC(CC(C3)C1)C2)Nc1c(O)cc2c3c(cccc13)CC2. The molecular formula is C23H27N3O. The summed E-state index contributed by atoms with van der Waals surface area (Å²) in [5.74, 6) is 3.28. The molecule has 4 fully saturated rings. The zero-order chi connectivity index (χ0) is 18.2. The Labute approximate surface area is 159 Å². The molecule has 0 heterocycles. The van der Waals surface area contributed by atoms with Crippen molar-refractivity contribution in [1.82, 2.24) is 0 Å². The van der Waals surface area contributed by atoms with Crippen molar-refractivity contribution in [3.63, 3.8) is 0 Å². The van der Waals surface area contributed by atoms with Gasteiger partial charge in [0.15, 0.2) is 5.96 Å². The molecule has 4 saturated carbocycles. The summed E-state index contributed by atoms with van der Waals surface area (Å²) in [5, 5.41) is 16.3. The molecule has 0 saturated heterocycles. The Balaban J connectivity index is 1.37. The number of aliphatic imine (C=N–C) groups is 1. The topological polar surface area (TPSA) is 70.6 Å². The number of rotatable bonds is 2. The Morgan fingerprint density at radius 3 is 2.41 bits per heavy atom. The molecule has 4 bridgehead atoms. The molecule has 0 aromatic heterocycles. The number of nitrogens with one attached hydrogen (secondary N) is 1. The van der Waals surface area contributed by atoms with Crippen molar-refractivity contribution < 1.29 is 5.11 Å². The Morgan fingerprint density at radius 1 is 1.04 bits per heavy atom. The first-order valence-electron chi connectivity index (χ1n) is 10.5. The molecule has 2 aromatic rings. The van der Waals surface area contributed by atoms with Gasteiger partial charge in [0.25, 0.3) is 0 Å². The standard InChI is InChI=1S/C23H27N3O/c24-22(26-23-10-13-6-14(11-23)8-15(7-13)12-23)25-21-18-3-1-2-16-4-5-17(20(16)18)9-19(21)27/h1-3,9,13-15,27H,4-8,10-12H2,(H3,24,25,26). The monoisotopic (exact) mass is 361 g/mol. The average Bonchev–Trinajstić information content (AvgIpc) is 3.01. The highest BCUT2D eigenvalue weighted by Gasteiger charge is 2.51. The number of guanidine groups is 1. The summed E-state index contributed by atoms with van der Waals surface area (Å²) in [4.78, 5) is 5.04. The minimum atomic E-state index is 0.0380. The summed E-state index contributed by atoms with van der Waals surface area (Å²) in [6.45, 7) is 0. The highest BCUT2D eigenvalue weighted by atomic mass is 16.3. The van der Waals surface area contributed by atoms with E-state index in [1.807, 2.05) is 6.07 Å². The molecule has 4 N–H and O–H groups in total. The maximum absolute atomic E-state index is 10.6.